The third kappa shape index (κ3) is 6.29. The molecule has 0 heterocycles. The van der Waals surface area contributed by atoms with E-state index in [1.54, 1.807) is 60.7 Å². The molecule has 0 bridgehead atoms. The van der Waals surface area contributed by atoms with E-state index < -0.39 is 18.6 Å². The van der Waals surface area contributed by atoms with Gasteiger partial charge in [0.25, 0.3) is 0 Å². The van der Waals surface area contributed by atoms with E-state index in [0.717, 1.165) is 11.1 Å². The van der Waals surface area contributed by atoms with Crippen LogP contribution in [0.2, 0.25) is 0 Å². The van der Waals surface area contributed by atoms with Gasteiger partial charge in [0.15, 0.2) is 18.2 Å². The smallest absolute Gasteiger partial charge is 0.329 e. The van der Waals surface area contributed by atoms with Crippen LogP contribution in [0.1, 0.15) is 38.3 Å². The molecule has 1 atom stereocenters. The van der Waals surface area contributed by atoms with Gasteiger partial charge in [-0.3, -0.25) is 9.59 Å². The maximum atomic E-state index is 12.9. The van der Waals surface area contributed by atoms with Gasteiger partial charge in [-0.05, 0) is 43.2 Å². The molecule has 0 aliphatic carbocycles. The van der Waals surface area contributed by atoms with Gasteiger partial charge < -0.3 is 14.8 Å². The van der Waals surface area contributed by atoms with Gasteiger partial charge in [0.1, 0.15) is 11.8 Å². The number of benzene rings is 3. The Kier molecular flexibility index (Phi) is 7.97. The predicted octanol–water partition coefficient (Wildman–Crippen LogP) is 4.79. The lowest BCUT2D eigenvalue weighted by atomic mass is 10.0. The van der Waals surface area contributed by atoms with Crippen LogP contribution in [0.4, 0.5) is 5.69 Å². The fourth-order valence-corrected chi connectivity index (χ4v) is 3.31. The Labute approximate surface area is 193 Å². The first-order valence-electron chi connectivity index (χ1n) is 10.6. The Balaban J connectivity index is 1.75. The maximum absolute atomic E-state index is 12.9. The predicted molar refractivity (Wildman–Crippen MR) is 127 cm³/mol. The minimum Gasteiger partial charge on any atom is -0.495 e. The Morgan fingerprint density at radius 2 is 1.52 bits per heavy atom. The summed E-state index contributed by atoms with van der Waals surface area (Å²) in [6.45, 7) is 3.47. The maximum Gasteiger partial charge on any atom is 0.329 e. The number of para-hydroxylation sites is 2. The van der Waals surface area contributed by atoms with Crippen LogP contribution in [0.15, 0.2) is 72.8 Å². The molecule has 0 saturated carbocycles. The molecule has 0 radical (unpaired) electrons. The topological polar surface area (TPSA) is 81.7 Å². The van der Waals surface area contributed by atoms with Crippen molar-refractivity contribution >= 4 is 23.2 Å². The van der Waals surface area contributed by atoms with E-state index in [2.05, 4.69) is 5.32 Å². The monoisotopic (exact) mass is 445 g/mol. The summed E-state index contributed by atoms with van der Waals surface area (Å²) in [6.07, 6.45) is -0.140. The summed E-state index contributed by atoms with van der Waals surface area (Å²) >= 11 is 0. The van der Waals surface area contributed by atoms with Crippen molar-refractivity contribution in [3.8, 4) is 5.75 Å². The molecule has 0 aliphatic rings. The van der Waals surface area contributed by atoms with Gasteiger partial charge in [0, 0.05) is 17.5 Å². The minimum absolute atomic E-state index is 0.140. The first-order chi connectivity index (χ1) is 15.9. The number of nitrogens with one attached hydrogen (secondary N) is 1. The second kappa shape index (κ2) is 11.1. The summed E-state index contributed by atoms with van der Waals surface area (Å²) in [5.74, 6) is -0.701. The molecule has 1 N–H and O–H groups in total. The van der Waals surface area contributed by atoms with Crippen molar-refractivity contribution in [1.29, 1.82) is 0 Å². The van der Waals surface area contributed by atoms with Crippen LogP contribution in [0.25, 0.3) is 0 Å². The van der Waals surface area contributed by atoms with E-state index in [1.807, 2.05) is 26.0 Å². The number of ether oxygens (including phenoxy) is 2. The van der Waals surface area contributed by atoms with Crippen molar-refractivity contribution in [3.63, 3.8) is 0 Å². The average Bonchev–Trinajstić information content (AvgIpc) is 2.84. The van der Waals surface area contributed by atoms with E-state index in [-0.39, 0.29) is 18.0 Å². The number of methoxy groups -OCH3 is 1. The van der Waals surface area contributed by atoms with Crippen LogP contribution in [0.5, 0.6) is 5.75 Å². The number of carbonyl (C=O) groups is 3. The summed E-state index contributed by atoms with van der Waals surface area (Å²) in [5, 5.41) is 3.05. The van der Waals surface area contributed by atoms with Gasteiger partial charge in [-0.25, -0.2) is 4.79 Å². The third-order valence-corrected chi connectivity index (χ3v) is 5.38. The number of anilines is 1. The highest BCUT2D eigenvalue weighted by Crippen LogP contribution is 2.25. The summed E-state index contributed by atoms with van der Waals surface area (Å²) in [7, 11) is 1.52. The molecule has 33 heavy (non-hydrogen) atoms. The average molecular weight is 446 g/mol. The highest BCUT2D eigenvalue weighted by Gasteiger charge is 2.26. The first-order valence-corrected chi connectivity index (χ1v) is 10.6. The second-order valence-electron chi connectivity index (χ2n) is 7.72. The van der Waals surface area contributed by atoms with Gasteiger partial charge in [-0.2, -0.15) is 0 Å². The minimum atomic E-state index is -0.999. The number of hydrogen-bond acceptors (Lipinski definition) is 6. The molecule has 0 saturated heterocycles. The number of hydrogen-bond donors (Lipinski definition) is 1. The van der Waals surface area contributed by atoms with E-state index in [4.69, 9.17) is 9.47 Å². The molecule has 0 aliphatic heterocycles. The number of rotatable bonds is 10. The van der Waals surface area contributed by atoms with Crippen LogP contribution in [0, 0.1) is 13.8 Å². The highest BCUT2D eigenvalue weighted by atomic mass is 16.5. The van der Waals surface area contributed by atoms with Crippen molar-refractivity contribution in [3.05, 3.63) is 95.1 Å². The van der Waals surface area contributed by atoms with Gasteiger partial charge in [0.05, 0.1) is 12.8 Å². The van der Waals surface area contributed by atoms with Crippen molar-refractivity contribution < 1.29 is 23.9 Å². The van der Waals surface area contributed by atoms with Crippen LogP contribution in [-0.4, -0.2) is 37.3 Å². The normalized spacial score (nSPS) is 11.4. The molecule has 0 amide bonds. The van der Waals surface area contributed by atoms with Crippen molar-refractivity contribution in [2.24, 2.45) is 0 Å². The SMILES string of the molecule is COc1ccccc1N[C@@H](CC(=O)c1ccccc1)C(=O)OCC(=O)c1ccc(C)c(C)c1. The summed E-state index contributed by atoms with van der Waals surface area (Å²) in [6, 6.07) is 20.1. The fraction of sp³-hybridized carbons (Fsp3) is 0.222. The zero-order chi connectivity index (χ0) is 23.8. The molecule has 0 fully saturated rings. The molecule has 0 aromatic heterocycles. The van der Waals surface area contributed by atoms with Crippen LogP contribution < -0.4 is 10.1 Å². The molecule has 3 rings (SSSR count). The molecule has 6 nitrogen and oxygen atoms in total. The third-order valence-electron chi connectivity index (χ3n) is 5.38. The lowest BCUT2D eigenvalue weighted by Crippen LogP contribution is -2.35. The highest BCUT2D eigenvalue weighted by molar-refractivity contribution is 6.01. The van der Waals surface area contributed by atoms with Crippen LogP contribution >= 0.6 is 0 Å². The standard InChI is InChI=1S/C27H27NO5/c1-18-13-14-21(15-19(18)2)25(30)17-33-27(31)23(16-24(29)20-9-5-4-6-10-20)28-22-11-7-8-12-26(22)32-3/h4-15,23,28H,16-17H2,1-3H3/t23-/m0/s1. The summed E-state index contributed by atoms with van der Waals surface area (Å²) in [4.78, 5) is 38.3. The molecular weight excluding hydrogens is 418 g/mol. The van der Waals surface area contributed by atoms with E-state index in [1.165, 1.54) is 7.11 Å². The Bertz CT molecular complexity index is 1140. The number of esters is 1. The quantitative estimate of drug-likeness (QED) is 0.357. The van der Waals surface area contributed by atoms with E-state index in [0.29, 0.717) is 22.6 Å². The molecule has 0 unspecified atom stereocenters. The second-order valence-corrected chi connectivity index (χ2v) is 7.72. The van der Waals surface area contributed by atoms with Crippen molar-refractivity contribution in [2.45, 2.75) is 26.3 Å². The van der Waals surface area contributed by atoms with Gasteiger partial charge in [0.2, 0.25) is 0 Å². The number of aryl methyl sites for hydroxylation is 2. The van der Waals surface area contributed by atoms with Crippen molar-refractivity contribution in [2.75, 3.05) is 19.0 Å². The molecule has 6 heteroatoms. The van der Waals surface area contributed by atoms with Crippen molar-refractivity contribution in [1.82, 2.24) is 0 Å². The Hall–Kier alpha value is -3.93. The lowest BCUT2D eigenvalue weighted by Gasteiger charge is -2.20. The number of ketones is 2. The van der Waals surface area contributed by atoms with Gasteiger partial charge in [-0.1, -0.05) is 54.6 Å². The number of Topliss-reactive ketones (excluding diaryl/α,β-unsaturated/α-hetero) is 2. The fourth-order valence-electron chi connectivity index (χ4n) is 3.31. The van der Waals surface area contributed by atoms with E-state index >= 15 is 0 Å². The van der Waals surface area contributed by atoms with Gasteiger partial charge in [-0.15, -0.1) is 0 Å². The molecule has 170 valence electrons. The van der Waals surface area contributed by atoms with Gasteiger partial charge >= 0.3 is 5.97 Å². The zero-order valence-corrected chi connectivity index (χ0v) is 19.0. The molecule has 0 spiro atoms. The molecule has 3 aromatic rings. The number of carbonyl (C=O) groups excluding carboxylic acids is 3. The van der Waals surface area contributed by atoms with Crippen LogP contribution in [0.3, 0.4) is 0 Å². The lowest BCUT2D eigenvalue weighted by molar-refractivity contribution is -0.143. The largest absolute Gasteiger partial charge is 0.495 e. The Morgan fingerprint density at radius 3 is 2.21 bits per heavy atom. The first kappa shape index (κ1) is 23.7. The van der Waals surface area contributed by atoms with Crippen LogP contribution in [-0.2, 0) is 9.53 Å². The van der Waals surface area contributed by atoms with E-state index in [9.17, 15) is 14.4 Å². The summed E-state index contributed by atoms with van der Waals surface area (Å²) in [5.41, 5.74) is 3.56. The molecule has 3 aromatic carbocycles. The molecular formula is C27H27NO5. The zero-order valence-electron chi connectivity index (χ0n) is 19.0. The summed E-state index contributed by atoms with van der Waals surface area (Å²) < 4.78 is 10.7. The Morgan fingerprint density at radius 1 is 0.818 bits per heavy atom.